The Balaban J connectivity index is 1.39. The van der Waals surface area contributed by atoms with E-state index in [9.17, 15) is 4.79 Å². The molecule has 0 amide bonds. The molecule has 0 spiro atoms. The summed E-state index contributed by atoms with van der Waals surface area (Å²) in [6.07, 6.45) is 6.34. The van der Waals surface area contributed by atoms with Gasteiger partial charge in [0.15, 0.2) is 0 Å². The van der Waals surface area contributed by atoms with Crippen molar-refractivity contribution in [2.45, 2.75) is 18.9 Å². The Bertz CT molecular complexity index is 1550. The van der Waals surface area contributed by atoms with Crippen LogP contribution in [0.1, 0.15) is 24.0 Å². The van der Waals surface area contributed by atoms with E-state index in [-0.39, 0.29) is 11.6 Å². The Kier molecular flexibility index (Phi) is 4.73. The highest BCUT2D eigenvalue weighted by molar-refractivity contribution is 6.31. The number of nitrogens with zero attached hydrogens (tertiary/aromatic N) is 7. The maximum atomic E-state index is 13.3. The number of pyridine rings is 2. The number of fused-ring (bicyclic) bond motifs is 1. The molecule has 1 atom stereocenters. The van der Waals surface area contributed by atoms with Crippen molar-refractivity contribution >= 4 is 17.3 Å². The highest BCUT2D eigenvalue weighted by Gasteiger charge is 2.28. The van der Waals surface area contributed by atoms with Crippen LogP contribution in [-0.4, -0.2) is 39.7 Å². The van der Waals surface area contributed by atoms with Crippen molar-refractivity contribution in [1.29, 1.82) is 0 Å². The van der Waals surface area contributed by atoms with Gasteiger partial charge in [0.05, 0.1) is 41.2 Å². The number of anilines is 1. The molecule has 0 fully saturated rings. The first-order valence-electron chi connectivity index (χ1n) is 10.6. The number of halogens is 1. The second-order valence-corrected chi connectivity index (χ2v) is 8.51. The van der Waals surface area contributed by atoms with Crippen LogP contribution in [0.5, 0.6) is 0 Å². The third kappa shape index (κ3) is 3.44. The molecule has 3 N–H and O–H groups in total. The maximum absolute atomic E-state index is 13.3. The average Bonchev–Trinajstić information content (AvgIpc) is 3.60. The Morgan fingerprint density at radius 3 is 2.79 bits per heavy atom. The van der Waals surface area contributed by atoms with E-state index in [1.165, 1.54) is 6.33 Å². The number of tetrazole rings is 1. The van der Waals surface area contributed by atoms with Gasteiger partial charge in [0.25, 0.3) is 5.56 Å². The van der Waals surface area contributed by atoms with Crippen molar-refractivity contribution < 1.29 is 0 Å². The standard InChI is InChI=1S/C23H18ClN9O/c24-14-1-5-20(32-12-28-30-31-32)17(9-14)13-7-16-3-6-21(33(16)22(34)8-13)23-27-11-19(29-23)18-4-2-15(25)10-26-18/h1-2,4-5,7-12,21H,3,6,25H2,(H,27,29). The Labute approximate surface area is 198 Å². The Morgan fingerprint density at radius 2 is 2.00 bits per heavy atom. The second-order valence-electron chi connectivity index (χ2n) is 8.07. The van der Waals surface area contributed by atoms with Crippen LogP contribution in [0.4, 0.5) is 5.69 Å². The second kappa shape index (κ2) is 7.92. The number of aromatic nitrogens is 8. The first kappa shape index (κ1) is 20.3. The van der Waals surface area contributed by atoms with Crippen LogP contribution in [0.2, 0.25) is 5.02 Å². The molecule has 1 unspecified atom stereocenters. The molecular weight excluding hydrogens is 454 g/mol. The van der Waals surface area contributed by atoms with Crippen molar-refractivity contribution in [3.8, 4) is 28.2 Å². The summed E-state index contributed by atoms with van der Waals surface area (Å²) < 4.78 is 3.35. The largest absolute Gasteiger partial charge is 0.397 e. The molecule has 1 aliphatic heterocycles. The highest BCUT2D eigenvalue weighted by Crippen LogP contribution is 2.34. The molecule has 5 aromatic rings. The summed E-state index contributed by atoms with van der Waals surface area (Å²) >= 11 is 6.28. The first-order valence-corrected chi connectivity index (χ1v) is 11.0. The van der Waals surface area contributed by atoms with Gasteiger partial charge in [-0.15, -0.1) is 5.10 Å². The van der Waals surface area contributed by atoms with Gasteiger partial charge in [-0.05, 0) is 65.2 Å². The minimum atomic E-state index is -0.183. The maximum Gasteiger partial charge on any atom is 0.252 e. The third-order valence-corrected chi connectivity index (χ3v) is 6.21. The van der Waals surface area contributed by atoms with Crippen LogP contribution < -0.4 is 11.3 Å². The number of aromatic amines is 1. The Morgan fingerprint density at radius 1 is 1.09 bits per heavy atom. The van der Waals surface area contributed by atoms with E-state index in [0.29, 0.717) is 10.7 Å². The smallest absolute Gasteiger partial charge is 0.252 e. The fraction of sp³-hybridized carbons (Fsp3) is 0.130. The van der Waals surface area contributed by atoms with Crippen molar-refractivity contribution in [2.24, 2.45) is 0 Å². The summed E-state index contributed by atoms with van der Waals surface area (Å²) in [6, 6.07) is 12.5. The summed E-state index contributed by atoms with van der Waals surface area (Å²) in [5, 5.41) is 12.0. The topological polar surface area (TPSA) is 133 Å². The van der Waals surface area contributed by atoms with Gasteiger partial charge in [-0.1, -0.05) is 11.6 Å². The Hall–Kier alpha value is -4.31. The SMILES string of the molecule is Nc1ccc(-c2cnc(C3CCc4cc(-c5cc(Cl)ccc5-n5cnnn5)cc(=O)n43)[nH]2)nc1. The lowest BCUT2D eigenvalue weighted by Gasteiger charge is -2.15. The third-order valence-electron chi connectivity index (χ3n) is 5.97. The molecule has 6 rings (SSSR count). The number of hydrogen-bond acceptors (Lipinski definition) is 7. The average molecular weight is 472 g/mol. The molecule has 0 radical (unpaired) electrons. The predicted molar refractivity (Wildman–Crippen MR) is 127 cm³/mol. The van der Waals surface area contributed by atoms with Crippen molar-refractivity contribution in [3.05, 3.63) is 88.1 Å². The molecule has 11 heteroatoms. The molecule has 5 heterocycles. The molecule has 4 aromatic heterocycles. The van der Waals surface area contributed by atoms with Crippen molar-refractivity contribution in [2.75, 3.05) is 5.73 Å². The van der Waals surface area contributed by atoms with E-state index in [4.69, 9.17) is 17.3 Å². The molecule has 0 aliphatic carbocycles. The normalized spacial score (nSPS) is 14.9. The first-order chi connectivity index (χ1) is 16.6. The summed E-state index contributed by atoms with van der Waals surface area (Å²) in [4.78, 5) is 25.5. The molecule has 1 aromatic carbocycles. The van der Waals surface area contributed by atoms with Gasteiger partial charge in [-0.3, -0.25) is 9.78 Å². The molecule has 168 valence electrons. The number of hydrogen-bond donors (Lipinski definition) is 2. The van der Waals surface area contributed by atoms with Crippen LogP contribution in [0.25, 0.3) is 28.2 Å². The molecule has 0 saturated heterocycles. The number of nitrogen functional groups attached to an aromatic ring is 1. The van der Waals surface area contributed by atoms with Crippen LogP contribution in [0.15, 0.2) is 66.0 Å². The number of imidazole rings is 1. The number of rotatable bonds is 4. The van der Waals surface area contributed by atoms with E-state index in [0.717, 1.165) is 52.6 Å². The molecular formula is C23H18ClN9O. The van der Waals surface area contributed by atoms with Gasteiger partial charge < -0.3 is 15.3 Å². The molecule has 34 heavy (non-hydrogen) atoms. The van der Waals surface area contributed by atoms with E-state index in [1.54, 1.807) is 39.8 Å². The van der Waals surface area contributed by atoms with Gasteiger partial charge in [-0.25, -0.2) is 4.98 Å². The van der Waals surface area contributed by atoms with Crippen LogP contribution in [0.3, 0.4) is 0 Å². The van der Waals surface area contributed by atoms with Gasteiger partial charge in [0.1, 0.15) is 12.2 Å². The lowest BCUT2D eigenvalue weighted by Crippen LogP contribution is -2.23. The van der Waals surface area contributed by atoms with E-state index in [2.05, 4.69) is 30.5 Å². The zero-order valence-electron chi connectivity index (χ0n) is 17.8. The van der Waals surface area contributed by atoms with E-state index >= 15 is 0 Å². The zero-order valence-corrected chi connectivity index (χ0v) is 18.5. The van der Waals surface area contributed by atoms with Crippen LogP contribution in [-0.2, 0) is 6.42 Å². The summed E-state index contributed by atoms with van der Waals surface area (Å²) in [5.74, 6) is 0.722. The summed E-state index contributed by atoms with van der Waals surface area (Å²) in [5.41, 5.74) is 10.9. The lowest BCUT2D eigenvalue weighted by molar-refractivity contribution is 0.572. The van der Waals surface area contributed by atoms with Gasteiger partial charge >= 0.3 is 0 Å². The van der Waals surface area contributed by atoms with Crippen LogP contribution >= 0.6 is 11.6 Å². The summed E-state index contributed by atoms with van der Waals surface area (Å²) in [7, 11) is 0. The number of H-pyrrole nitrogens is 1. The molecule has 0 bridgehead atoms. The number of nitrogens with two attached hydrogens (primary N) is 1. The molecule has 10 nitrogen and oxygen atoms in total. The minimum absolute atomic E-state index is 0.110. The zero-order chi connectivity index (χ0) is 23.2. The van der Waals surface area contributed by atoms with Crippen LogP contribution in [0, 0.1) is 0 Å². The minimum Gasteiger partial charge on any atom is -0.397 e. The monoisotopic (exact) mass is 471 g/mol. The quantitative estimate of drug-likeness (QED) is 0.411. The fourth-order valence-electron chi connectivity index (χ4n) is 4.42. The van der Waals surface area contributed by atoms with Gasteiger partial charge in [0.2, 0.25) is 0 Å². The predicted octanol–water partition coefficient (Wildman–Crippen LogP) is 3.05. The molecule has 0 saturated carbocycles. The number of aryl methyl sites for hydroxylation is 1. The molecule has 1 aliphatic rings. The van der Waals surface area contributed by atoms with E-state index < -0.39 is 0 Å². The van der Waals surface area contributed by atoms with Gasteiger partial charge in [0, 0.05) is 22.3 Å². The van der Waals surface area contributed by atoms with Gasteiger partial charge in [-0.2, -0.15) is 4.68 Å². The van der Waals surface area contributed by atoms with Crippen molar-refractivity contribution in [3.63, 3.8) is 0 Å². The highest BCUT2D eigenvalue weighted by atomic mass is 35.5. The summed E-state index contributed by atoms with van der Waals surface area (Å²) in [6.45, 7) is 0. The lowest BCUT2D eigenvalue weighted by atomic mass is 10.0. The van der Waals surface area contributed by atoms with E-state index in [1.807, 2.05) is 24.3 Å². The number of benzene rings is 1. The number of nitrogens with one attached hydrogen (secondary N) is 1. The van der Waals surface area contributed by atoms with Crippen molar-refractivity contribution in [1.82, 2.24) is 39.7 Å². The fourth-order valence-corrected chi connectivity index (χ4v) is 4.59.